The van der Waals surface area contributed by atoms with E-state index in [4.69, 9.17) is 4.74 Å². The SMILES string of the molecule is CCC(C)c1ccccc1OC1CC(C(C)C)CCC1O. The van der Waals surface area contributed by atoms with Crippen molar-refractivity contribution in [2.24, 2.45) is 11.8 Å². The number of aliphatic hydroxyl groups excluding tert-OH is 1. The molecule has 0 aromatic heterocycles. The maximum Gasteiger partial charge on any atom is 0.125 e. The van der Waals surface area contributed by atoms with Crippen LogP contribution in [0.3, 0.4) is 0 Å². The summed E-state index contributed by atoms with van der Waals surface area (Å²) in [5, 5.41) is 10.3. The van der Waals surface area contributed by atoms with Crippen molar-refractivity contribution < 1.29 is 9.84 Å². The predicted octanol–water partition coefficient (Wildman–Crippen LogP) is 4.76. The Kier molecular flexibility index (Phi) is 5.69. The van der Waals surface area contributed by atoms with Crippen molar-refractivity contribution in [1.29, 1.82) is 0 Å². The Morgan fingerprint density at radius 2 is 1.90 bits per heavy atom. The van der Waals surface area contributed by atoms with E-state index in [0.717, 1.165) is 31.4 Å². The highest BCUT2D eigenvalue weighted by molar-refractivity contribution is 5.36. The topological polar surface area (TPSA) is 29.5 Å². The van der Waals surface area contributed by atoms with Crippen LogP contribution in [0, 0.1) is 11.8 Å². The maximum absolute atomic E-state index is 10.3. The van der Waals surface area contributed by atoms with Gasteiger partial charge >= 0.3 is 0 Å². The van der Waals surface area contributed by atoms with Gasteiger partial charge in [0.1, 0.15) is 11.9 Å². The van der Waals surface area contributed by atoms with Crippen LogP contribution < -0.4 is 4.74 Å². The standard InChI is InChI=1S/C19H30O2/c1-5-14(4)16-8-6-7-9-18(16)21-19-12-15(13(2)3)10-11-17(19)20/h6-9,13-15,17,19-20H,5,10-12H2,1-4H3. The van der Waals surface area contributed by atoms with E-state index in [2.05, 4.69) is 39.8 Å². The summed E-state index contributed by atoms with van der Waals surface area (Å²) in [5.41, 5.74) is 1.26. The summed E-state index contributed by atoms with van der Waals surface area (Å²) in [5.74, 6) is 2.77. The third-order valence-electron chi connectivity index (χ3n) is 5.08. The summed E-state index contributed by atoms with van der Waals surface area (Å²) in [7, 11) is 0. The van der Waals surface area contributed by atoms with Crippen molar-refractivity contribution in [1.82, 2.24) is 0 Å². The van der Waals surface area contributed by atoms with Crippen LogP contribution in [-0.4, -0.2) is 17.3 Å². The van der Waals surface area contributed by atoms with Gasteiger partial charge in [-0.15, -0.1) is 0 Å². The fraction of sp³-hybridized carbons (Fsp3) is 0.684. The molecule has 1 saturated carbocycles. The van der Waals surface area contributed by atoms with Crippen LogP contribution in [0.2, 0.25) is 0 Å². The highest BCUT2D eigenvalue weighted by atomic mass is 16.5. The zero-order valence-electron chi connectivity index (χ0n) is 13.9. The number of hydrogen-bond donors (Lipinski definition) is 1. The highest BCUT2D eigenvalue weighted by Gasteiger charge is 2.32. The Morgan fingerprint density at radius 3 is 2.57 bits per heavy atom. The third kappa shape index (κ3) is 4.00. The van der Waals surface area contributed by atoms with Gasteiger partial charge in [-0.3, -0.25) is 0 Å². The molecular formula is C19H30O2. The molecule has 2 nitrogen and oxygen atoms in total. The summed E-state index contributed by atoms with van der Waals surface area (Å²) >= 11 is 0. The molecule has 4 atom stereocenters. The number of benzene rings is 1. The lowest BCUT2D eigenvalue weighted by atomic mass is 9.79. The van der Waals surface area contributed by atoms with Gasteiger partial charge in [0.25, 0.3) is 0 Å². The van der Waals surface area contributed by atoms with Gasteiger partial charge in [-0.1, -0.05) is 45.9 Å². The van der Waals surface area contributed by atoms with Crippen molar-refractivity contribution in [3.8, 4) is 5.75 Å². The van der Waals surface area contributed by atoms with Gasteiger partial charge in [0.05, 0.1) is 6.10 Å². The molecule has 2 rings (SSSR count). The van der Waals surface area contributed by atoms with Crippen molar-refractivity contribution in [2.75, 3.05) is 0 Å². The van der Waals surface area contributed by atoms with E-state index in [1.165, 1.54) is 5.56 Å². The first-order chi connectivity index (χ1) is 10.0. The Hall–Kier alpha value is -1.02. The second kappa shape index (κ2) is 7.31. The molecule has 1 aliphatic rings. The highest BCUT2D eigenvalue weighted by Crippen LogP contribution is 2.35. The molecule has 118 valence electrons. The van der Waals surface area contributed by atoms with Crippen LogP contribution in [0.1, 0.15) is 64.9 Å². The molecule has 0 spiro atoms. The van der Waals surface area contributed by atoms with Crippen LogP contribution in [-0.2, 0) is 0 Å². The van der Waals surface area contributed by atoms with Gasteiger partial charge in [-0.25, -0.2) is 0 Å². The lowest BCUT2D eigenvalue weighted by Gasteiger charge is -2.36. The minimum atomic E-state index is -0.329. The summed E-state index contributed by atoms with van der Waals surface area (Å²) < 4.78 is 6.25. The molecule has 1 aromatic rings. The van der Waals surface area contributed by atoms with E-state index in [0.29, 0.717) is 17.8 Å². The average molecular weight is 290 g/mol. The molecule has 1 fully saturated rings. The summed E-state index contributed by atoms with van der Waals surface area (Å²) in [4.78, 5) is 0. The molecule has 1 aliphatic carbocycles. The minimum Gasteiger partial charge on any atom is -0.487 e. The fourth-order valence-electron chi connectivity index (χ4n) is 3.25. The number of aliphatic hydroxyl groups is 1. The molecular weight excluding hydrogens is 260 g/mol. The van der Waals surface area contributed by atoms with E-state index in [9.17, 15) is 5.11 Å². The van der Waals surface area contributed by atoms with Gasteiger partial charge in [0, 0.05) is 0 Å². The van der Waals surface area contributed by atoms with E-state index in [1.807, 2.05) is 12.1 Å². The van der Waals surface area contributed by atoms with Crippen molar-refractivity contribution in [3.63, 3.8) is 0 Å². The molecule has 1 aromatic carbocycles. The molecule has 0 saturated heterocycles. The number of para-hydroxylation sites is 1. The largest absolute Gasteiger partial charge is 0.487 e. The Morgan fingerprint density at radius 1 is 1.19 bits per heavy atom. The second-order valence-electron chi connectivity index (χ2n) is 6.89. The zero-order valence-corrected chi connectivity index (χ0v) is 13.9. The van der Waals surface area contributed by atoms with Crippen molar-refractivity contribution in [3.05, 3.63) is 29.8 Å². The van der Waals surface area contributed by atoms with Crippen LogP contribution in [0.15, 0.2) is 24.3 Å². The fourth-order valence-corrected chi connectivity index (χ4v) is 3.25. The Balaban J connectivity index is 2.13. The first kappa shape index (κ1) is 16.4. The van der Waals surface area contributed by atoms with E-state index in [-0.39, 0.29) is 12.2 Å². The molecule has 0 radical (unpaired) electrons. The third-order valence-corrected chi connectivity index (χ3v) is 5.08. The lowest BCUT2D eigenvalue weighted by molar-refractivity contribution is -0.0182. The molecule has 2 heteroatoms. The van der Waals surface area contributed by atoms with Gasteiger partial charge in [0.2, 0.25) is 0 Å². The van der Waals surface area contributed by atoms with Crippen LogP contribution in [0.4, 0.5) is 0 Å². The zero-order chi connectivity index (χ0) is 15.4. The number of ether oxygens (including phenoxy) is 1. The van der Waals surface area contributed by atoms with Crippen LogP contribution in [0.5, 0.6) is 5.75 Å². The molecule has 21 heavy (non-hydrogen) atoms. The van der Waals surface area contributed by atoms with Gasteiger partial charge < -0.3 is 9.84 Å². The molecule has 0 bridgehead atoms. The number of rotatable bonds is 5. The molecule has 4 unspecified atom stereocenters. The van der Waals surface area contributed by atoms with Gasteiger partial charge in [0.15, 0.2) is 0 Å². The van der Waals surface area contributed by atoms with E-state index in [1.54, 1.807) is 0 Å². The predicted molar refractivity (Wildman–Crippen MR) is 87.7 cm³/mol. The monoisotopic (exact) mass is 290 g/mol. The maximum atomic E-state index is 10.3. The minimum absolute atomic E-state index is 0.0589. The van der Waals surface area contributed by atoms with Crippen molar-refractivity contribution >= 4 is 0 Å². The smallest absolute Gasteiger partial charge is 0.125 e. The van der Waals surface area contributed by atoms with Gasteiger partial charge in [-0.2, -0.15) is 0 Å². The quantitative estimate of drug-likeness (QED) is 0.847. The molecule has 1 N–H and O–H groups in total. The van der Waals surface area contributed by atoms with Crippen molar-refractivity contribution in [2.45, 2.75) is 71.5 Å². The van der Waals surface area contributed by atoms with Crippen LogP contribution >= 0.6 is 0 Å². The first-order valence-electron chi connectivity index (χ1n) is 8.46. The average Bonchev–Trinajstić information content (AvgIpc) is 2.49. The molecule has 0 aliphatic heterocycles. The van der Waals surface area contributed by atoms with E-state index < -0.39 is 0 Å². The second-order valence-corrected chi connectivity index (χ2v) is 6.89. The summed E-state index contributed by atoms with van der Waals surface area (Å²) in [6.07, 6.45) is 3.65. The molecule has 0 amide bonds. The normalized spacial score (nSPS) is 27.6. The van der Waals surface area contributed by atoms with E-state index >= 15 is 0 Å². The number of hydrogen-bond acceptors (Lipinski definition) is 2. The lowest BCUT2D eigenvalue weighted by Crippen LogP contribution is -2.39. The van der Waals surface area contributed by atoms with Gasteiger partial charge in [-0.05, 0) is 55.1 Å². The Labute approximate surface area is 129 Å². The molecule has 0 heterocycles. The summed E-state index contributed by atoms with van der Waals surface area (Å²) in [6.45, 7) is 8.97. The van der Waals surface area contributed by atoms with Crippen LogP contribution in [0.25, 0.3) is 0 Å². The Bertz CT molecular complexity index is 441. The summed E-state index contributed by atoms with van der Waals surface area (Å²) in [6, 6.07) is 8.30. The first-order valence-corrected chi connectivity index (χ1v) is 8.46.